The number of alkyl halides is 1. The summed E-state index contributed by atoms with van der Waals surface area (Å²) >= 11 is 6.01. The van der Waals surface area contributed by atoms with Crippen LogP contribution in [0.3, 0.4) is 0 Å². The molecule has 1 saturated heterocycles. The number of likely N-dealkylation sites (tertiary alicyclic amines) is 1. The van der Waals surface area contributed by atoms with E-state index in [4.69, 9.17) is 11.6 Å². The summed E-state index contributed by atoms with van der Waals surface area (Å²) in [6, 6.07) is 9.94. The van der Waals surface area contributed by atoms with Crippen molar-refractivity contribution in [3.05, 3.63) is 42.2 Å². The van der Waals surface area contributed by atoms with Gasteiger partial charge < -0.3 is 4.90 Å². The lowest BCUT2D eigenvalue weighted by Crippen LogP contribution is -2.45. The highest BCUT2D eigenvalue weighted by Crippen LogP contribution is 2.23. The molecule has 0 radical (unpaired) electrons. The van der Waals surface area contributed by atoms with Gasteiger partial charge in [-0.2, -0.15) is 0 Å². The van der Waals surface area contributed by atoms with Gasteiger partial charge in [-0.1, -0.05) is 24.3 Å². The Balaban J connectivity index is 1.99. The highest BCUT2D eigenvalue weighted by atomic mass is 35.5. The molecule has 1 atom stereocenters. The number of halogens is 1. The Morgan fingerprint density at radius 3 is 3.00 bits per heavy atom. The number of piperidine rings is 1. The quantitative estimate of drug-likeness (QED) is 0.793. The molecule has 1 aliphatic heterocycles. The summed E-state index contributed by atoms with van der Waals surface area (Å²) in [6.07, 6.45) is 4.88. The van der Waals surface area contributed by atoms with Gasteiger partial charge in [-0.15, -0.1) is 11.6 Å². The number of carbonyl (C=O) groups is 1. The number of carbonyl (C=O) groups excluding carboxylic acids is 1. The van der Waals surface area contributed by atoms with Crippen LogP contribution < -0.4 is 0 Å². The van der Waals surface area contributed by atoms with Crippen LogP contribution in [-0.2, 0) is 0 Å². The molecule has 4 heteroatoms. The maximum absolute atomic E-state index is 12.8. The molecule has 104 valence electrons. The van der Waals surface area contributed by atoms with Crippen LogP contribution in [0.2, 0.25) is 0 Å². The third kappa shape index (κ3) is 2.38. The molecule has 2 aromatic rings. The summed E-state index contributed by atoms with van der Waals surface area (Å²) in [5, 5.41) is 1.96. The van der Waals surface area contributed by atoms with E-state index in [9.17, 15) is 4.79 Å². The zero-order chi connectivity index (χ0) is 13.9. The fourth-order valence-electron chi connectivity index (χ4n) is 2.85. The number of rotatable bonds is 2. The highest BCUT2D eigenvalue weighted by molar-refractivity contribution is 6.18. The van der Waals surface area contributed by atoms with Gasteiger partial charge in [0.25, 0.3) is 5.91 Å². The Morgan fingerprint density at radius 1 is 1.30 bits per heavy atom. The standard InChI is InChI=1S/C16H17ClN2O/c17-11-13-6-3-4-10-19(13)16(20)15-14-7-2-1-5-12(14)8-9-18-15/h1-2,5,7-9,13H,3-4,6,10-11H2. The van der Waals surface area contributed by atoms with Crippen molar-refractivity contribution < 1.29 is 4.79 Å². The topological polar surface area (TPSA) is 33.2 Å². The predicted molar refractivity (Wildman–Crippen MR) is 81.1 cm³/mol. The molecule has 3 rings (SSSR count). The van der Waals surface area contributed by atoms with Crippen LogP contribution in [0.25, 0.3) is 10.8 Å². The second-order valence-electron chi connectivity index (χ2n) is 5.18. The normalized spacial score (nSPS) is 19.2. The van der Waals surface area contributed by atoms with E-state index in [1.165, 1.54) is 0 Å². The van der Waals surface area contributed by atoms with E-state index < -0.39 is 0 Å². The van der Waals surface area contributed by atoms with Crippen LogP contribution in [0.5, 0.6) is 0 Å². The second-order valence-corrected chi connectivity index (χ2v) is 5.49. The van der Waals surface area contributed by atoms with Gasteiger partial charge in [-0.05, 0) is 30.7 Å². The van der Waals surface area contributed by atoms with Crippen molar-refractivity contribution in [2.75, 3.05) is 12.4 Å². The third-order valence-corrected chi connectivity index (χ3v) is 4.30. The van der Waals surface area contributed by atoms with Crippen molar-refractivity contribution in [1.82, 2.24) is 9.88 Å². The zero-order valence-electron chi connectivity index (χ0n) is 11.3. The molecule has 1 unspecified atom stereocenters. The van der Waals surface area contributed by atoms with Gasteiger partial charge in [-0.3, -0.25) is 9.78 Å². The molecule has 20 heavy (non-hydrogen) atoms. The van der Waals surface area contributed by atoms with E-state index in [1.807, 2.05) is 35.2 Å². The average molecular weight is 289 g/mol. The third-order valence-electron chi connectivity index (χ3n) is 3.94. The molecule has 0 spiro atoms. The van der Waals surface area contributed by atoms with Gasteiger partial charge in [0.05, 0.1) is 0 Å². The summed E-state index contributed by atoms with van der Waals surface area (Å²) in [4.78, 5) is 19.0. The van der Waals surface area contributed by atoms with Gasteiger partial charge in [-0.25, -0.2) is 0 Å². The number of amides is 1. The van der Waals surface area contributed by atoms with Crippen LogP contribution in [0.15, 0.2) is 36.5 Å². The van der Waals surface area contributed by atoms with Gasteiger partial charge in [0.2, 0.25) is 0 Å². The molecule has 1 aromatic heterocycles. The van der Waals surface area contributed by atoms with Gasteiger partial charge >= 0.3 is 0 Å². The van der Waals surface area contributed by atoms with Crippen molar-refractivity contribution in [2.24, 2.45) is 0 Å². The molecule has 0 N–H and O–H groups in total. The molecule has 0 bridgehead atoms. The van der Waals surface area contributed by atoms with Crippen molar-refractivity contribution in [2.45, 2.75) is 25.3 Å². The van der Waals surface area contributed by atoms with E-state index in [-0.39, 0.29) is 11.9 Å². The minimum atomic E-state index is 0.00662. The zero-order valence-corrected chi connectivity index (χ0v) is 12.0. The first kappa shape index (κ1) is 13.4. The lowest BCUT2D eigenvalue weighted by atomic mass is 10.0. The molecule has 0 aliphatic carbocycles. The summed E-state index contributed by atoms with van der Waals surface area (Å²) in [7, 11) is 0. The summed E-state index contributed by atoms with van der Waals surface area (Å²) < 4.78 is 0. The molecule has 1 aliphatic rings. The minimum Gasteiger partial charge on any atom is -0.333 e. The fraction of sp³-hybridized carbons (Fsp3) is 0.375. The van der Waals surface area contributed by atoms with Crippen LogP contribution >= 0.6 is 11.6 Å². The van der Waals surface area contributed by atoms with Crippen molar-refractivity contribution in [3.63, 3.8) is 0 Å². The van der Waals surface area contributed by atoms with Crippen LogP contribution in [0.4, 0.5) is 0 Å². The van der Waals surface area contributed by atoms with Gasteiger partial charge in [0, 0.05) is 30.0 Å². The maximum atomic E-state index is 12.8. The van der Waals surface area contributed by atoms with E-state index in [2.05, 4.69) is 4.98 Å². The first-order chi connectivity index (χ1) is 9.81. The summed E-state index contributed by atoms with van der Waals surface area (Å²) in [5.74, 6) is 0.503. The first-order valence-corrected chi connectivity index (χ1v) is 7.55. The first-order valence-electron chi connectivity index (χ1n) is 7.02. The monoisotopic (exact) mass is 288 g/mol. The molecule has 2 heterocycles. The Hall–Kier alpha value is -1.61. The molecule has 1 fully saturated rings. The van der Waals surface area contributed by atoms with Gasteiger partial charge in [0.15, 0.2) is 0 Å². The minimum absolute atomic E-state index is 0.00662. The van der Waals surface area contributed by atoms with E-state index in [1.54, 1.807) is 6.20 Å². The number of hydrogen-bond acceptors (Lipinski definition) is 2. The van der Waals surface area contributed by atoms with Crippen molar-refractivity contribution in [1.29, 1.82) is 0 Å². The predicted octanol–water partition coefficient (Wildman–Crippen LogP) is 3.47. The van der Waals surface area contributed by atoms with Crippen molar-refractivity contribution in [3.8, 4) is 0 Å². The Morgan fingerprint density at radius 2 is 2.15 bits per heavy atom. The largest absolute Gasteiger partial charge is 0.333 e. The highest BCUT2D eigenvalue weighted by Gasteiger charge is 2.28. The van der Waals surface area contributed by atoms with E-state index in [0.29, 0.717) is 11.6 Å². The second kappa shape index (κ2) is 5.80. The fourth-order valence-corrected chi connectivity index (χ4v) is 3.18. The number of hydrogen-bond donors (Lipinski definition) is 0. The van der Waals surface area contributed by atoms with Crippen molar-refractivity contribution >= 4 is 28.3 Å². The molecule has 1 aromatic carbocycles. The Bertz CT molecular complexity index is 623. The van der Waals surface area contributed by atoms with Crippen LogP contribution in [0.1, 0.15) is 29.8 Å². The van der Waals surface area contributed by atoms with E-state index in [0.717, 1.165) is 36.6 Å². The smallest absolute Gasteiger partial charge is 0.273 e. The summed E-state index contributed by atoms with van der Waals surface area (Å²) in [6.45, 7) is 0.779. The maximum Gasteiger partial charge on any atom is 0.273 e. The molecule has 1 amide bonds. The molecule has 0 saturated carbocycles. The van der Waals surface area contributed by atoms with E-state index >= 15 is 0 Å². The van der Waals surface area contributed by atoms with Crippen LogP contribution in [-0.4, -0.2) is 34.3 Å². The lowest BCUT2D eigenvalue weighted by Gasteiger charge is -2.34. The Labute approximate surface area is 123 Å². The molecular weight excluding hydrogens is 272 g/mol. The number of benzene rings is 1. The molecule has 3 nitrogen and oxygen atoms in total. The summed E-state index contributed by atoms with van der Waals surface area (Å²) in [5.41, 5.74) is 0.542. The Kier molecular flexibility index (Phi) is 3.88. The number of pyridine rings is 1. The lowest BCUT2D eigenvalue weighted by molar-refractivity contribution is 0.0635. The van der Waals surface area contributed by atoms with Gasteiger partial charge in [0.1, 0.15) is 5.69 Å². The number of aromatic nitrogens is 1. The average Bonchev–Trinajstić information content (AvgIpc) is 2.53. The number of nitrogens with zero attached hydrogens (tertiary/aromatic N) is 2. The van der Waals surface area contributed by atoms with Crippen LogP contribution in [0, 0.1) is 0 Å². The number of fused-ring (bicyclic) bond motifs is 1. The SMILES string of the molecule is O=C(c1nccc2ccccc12)N1CCCCC1CCl. The molecular formula is C16H17ClN2O.